The fourth-order valence-electron chi connectivity index (χ4n) is 2.16. The Bertz CT molecular complexity index is 797. The number of pyridine rings is 1. The molecule has 1 N–H and O–H groups in total. The van der Waals surface area contributed by atoms with E-state index in [0.717, 1.165) is 11.1 Å². The van der Waals surface area contributed by atoms with Gasteiger partial charge in [0.25, 0.3) is 0 Å². The van der Waals surface area contributed by atoms with Gasteiger partial charge >= 0.3 is 5.97 Å². The Hall–Kier alpha value is -2.75. The fraction of sp³-hybridized carbons (Fsp3) is 0. The highest BCUT2D eigenvalue weighted by Gasteiger charge is 2.09. The van der Waals surface area contributed by atoms with E-state index in [0.29, 0.717) is 10.9 Å². The highest BCUT2D eigenvalue weighted by molar-refractivity contribution is 5.95. The monoisotopic (exact) mass is 267 g/mol. The van der Waals surface area contributed by atoms with Gasteiger partial charge in [-0.25, -0.2) is 9.18 Å². The van der Waals surface area contributed by atoms with Crippen LogP contribution in [0, 0.1) is 5.82 Å². The summed E-state index contributed by atoms with van der Waals surface area (Å²) in [7, 11) is 0. The zero-order chi connectivity index (χ0) is 14.1. The molecule has 0 aliphatic heterocycles. The van der Waals surface area contributed by atoms with E-state index in [1.54, 1.807) is 36.5 Å². The average Bonchev–Trinajstić information content (AvgIpc) is 2.48. The van der Waals surface area contributed by atoms with Crippen molar-refractivity contribution in [2.45, 2.75) is 0 Å². The first-order chi connectivity index (χ1) is 9.66. The van der Waals surface area contributed by atoms with Crippen LogP contribution in [-0.2, 0) is 0 Å². The Morgan fingerprint density at radius 2 is 1.80 bits per heavy atom. The summed E-state index contributed by atoms with van der Waals surface area (Å²) in [6, 6.07) is 12.8. The molecule has 0 unspecified atom stereocenters. The van der Waals surface area contributed by atoms with Crippen molar-refractivity contribution in [3.05, 3.63) is 66.1 Å². The summed E-state index contributed by atoms with van der Waals surface area (Å²) in [5.74, 6) is -1.29. The molecule has 0 atom stereocenters. The predicted molar refractivity (Wildman–Crippen MR) is 74.1 cm³/mol. The van der Waals surface area contributed by atoms with Crippen LogP contribution in [0.15, 0.2) is 54.7 Å². The molecule has 20 heavy (non-hydrogen) atoms. The minimum absolute atomic E-state index is 0.216. The van der Waals surface area contributed by atoms with Crippen LogP contribution < -0.4 is 0 Å². The molecule has 0 bridgehead atoms. The standard InChI is InChI=1S/C16H10FNO2/c17-14-8-7-12(15-13(14)2-1-9-18-15)10-3-5-11(6-4-10)16(19)20/h1-9H,(H,19,20). The Kier molecular flexibility index (Phi) is 2.91. The lowest BCUT2D eigenvalue weighted by Gasteiger charge is -2.07. The molecule has 0 aliphatic carbocycles. The number of halogens is 1. The van der Waals surface area contributed by atoms with Crippen molar-refractivity contribution >= 4 is 16.9 Å². The maximum Gasteiger partial charge on any atom is 0.335 e. The van der Waals surface area contributed by atoms with Gasteiger partial charge in [-0.1, -0.05) is 12.1 Å². The highest BCUT2D eigenvalue weighted by atomic mass is 19.1. The summed E-state index contributed by atoms with van der Waals surface area (Å²) in [6.45, 7) is 0. The number of aromatic nitrogens is 1. The summed E-state index contributed by atoms with van der Waals surface area (Å²) in [5, 5.41) is 9.34. The second-order valence-corrected chi connectivity index (χ2v) is 4.38. The Morgan fingerprint density at radius 3 is 2.50 bits per heavy atom. The molecular weight excluding hydrogens is 257 g/mol. The molecular formula is C16H10FNO2. The lowest BCUT2D eigenvalue weighted by atomic mass is 10.0. The highest BCUT2D eigenvalue weighted by Crippen LogP contribution is 2.28. The number of carboxylic acid groups (broad SMARTS) is 1. The second-order valence-electron chi connectivity index (χ2n) is 4.38. The molecule has 3 aromatic rings. The smallest absolute Gasteiger partial charge is 0.335 e. The fourth-order valence-corrected chi connectivity index (χ4v) is 2.16. The van der Waals surface area contributed by atoms with Gasteiger partial charge in [0.1, 0.15) is 5.82 Å². The minimum atomic E-state index is -0.973. The van der Waals surface area contributed by atoms with E-state index in [1.807, 2.05) is 0 Å². The van der Waals surface area contributed by atoms with E-state index in [1.165, 1.54) is 18.2 Å². The molecule has 4 heteroatoms. The summed E-state index contributed by atoms with van der Waals surface area (Å²) >= 11 is 0. The SMILES string of the molecule is O=C(O)c1ccc(-c2ccc(F)c3cccnc23)cc1. The van der Waals surface area contributed by atoms with Gasteiger partial charge in [0, 0.05) is 17.1 Å². The zero-order valence-electron chi connectivity index (χ0n) is 10.4. The first kappa shape index (κ1) is 12.3. The maximum atomic E-state index is 13.7. The molecule has 1 heterocycles. The number of carbonyl (C=O) groups is 1. The van der Waals surface area contributed by atoms with Crippen molar-refractivity contribution in [3.63, 3.8) is 0 Å². The van der Waals surface area contributed by atoms with Crippen LogP contribution in [0.4, 0.5) is 4.39 Å². The molecule has 2 aromatic carbocycles. The van der Waals surface area contributed by atoms with Crippen LogP contribution in [0.3, 0.4) is 0 Å². The number of carboxylic acids is 1. The number of hydrogen-bond acceptors (Lipinski definition) is 2. The van der Waals surface area contributed by atoms with Gasteiger partial charge in [-0.2, -0.15) is 0 Å². The molecule has 0 radical (unpaired) electrons. The number of hydrogen-bond donors (Lipinski definition) is 1. The summed E-state index contributed by atoms with van der Waals surface area (Å²) in [6.07, 6.45) is 1.61. The Labute approximate surface area is 114 Å². The van der Waals surface area contributed by atoms with Gasteiger partial charge in [-0.3, -0.25) is 4.98 Å². The first-order valence-corrected chi connectivity index (χ1v) is 6.04. The van der Waals surface area contributed by atoms with E-state index in [4.69, 9.17) is 5.11 Å². The lowest BCUT2D eigenvalue weighted by Crippen LogP contribution is -1.95. The third-order valence-electron chi connectivity index (χ3n) is 3.16. The number of rotatable bonds is 2. The van der Waals surface area contributed by atoms with Crippen LogP contribution in [0.2, 0.25) is 0 Å². The molecule has 0 aliphatic rings. The average molecular weight is 267 g/mol. The van der Waals surface area contributed by atoms with E-state index in [9.17, 15) is 9.18 Å². The molecule has 3 nitrogen and oxygen atoms in total. The maximum absolute atomic E-state index is 13.7. The number of benzene rings is 2. The van der Waals surface area contributed by atoms with E-state index < -0.39 is 5.97 Å². The van der Waals surface area contributed by atoms with Crippen molar-refractivity contribution in [1.82, 2.24) is 4.98 Å². The summed E-state index contributed by atoms with van der Waals surface area (Å²) < 4.78 is 13.7. The van der Waals surface area contributed by atoms with Gasteiger partial charge in [0.05, 0.1) is 11.1 Å². The number of aromatic carboxylic acids is 1. The van der Waals surface area contributed by atoms with Crippen LogP contribution in [-0.4, -0.2) is 16.1 Å². The summed E-state index contributed by atoms with van der Waals surface area (Å²) in [4.78, 5) is 15.1. The predicted octanol–water partition coefficient (Wildman–Crippen LogP) is 3.74. The van der Waals surface area contributed by atoms with Gasteiger partial charge in [0.2, 0.25) is 0 Å². The Morgan fingerprint density at radius 1 is 1.05 bits per heavy atom. The lowest BCUT2D eigenvalue weighted by molar-refractivity contribution is 0.0697. The van der Waals surface area contributed by atoms with Crippen molar-refractivity contribution in [1.29, 1.82) is 0 Å². The largest absolute Gasteiger partial charge is 0.478 e. The van der Waals surface area contributed by atoms with Crippen LogP contribution in [0.25, 0.3) is 22.0 Å². The zero-order valence-corrected chi connectivity index (χ0v) is 10.4. The quantitative estimate of drug-likeness (QED) is 0.769. The van der Waals surface area contributed by atoms with Gasteiger partial charge < -0.3 is 5.11 Å². The van der Waals surface area contributed by atoms with Gasteiger partial charge in [0.15, 0.2) is 0 Å². The van der Waals surface area contributed by atoms with Crippen molar-refractivity contribution in [3.8, 4) is 11.1 Å². The minimum Gasteiger partial charge on any atom is -0.478 e. The first-order valence-electron chi connectivity index (χ1n) is 6.04. The second kappa shape index (κ2) is 4.74. The molecule has 3 rings (SSSR count). The molecule has 1 aromatic heterocycles. The Balaban J connectivity index is 2.19. The van der Waals surface area contributed by atoms with Crippen LogP contribution >= 0.6 is 0 Å². The van der Waals surface area contributed by atoms with Crippen LogP contribution in [0.5, 0.6) is 0 Å². The normalized spacial score (nSPS) is 10.7. The van der Waals surface area contributed by atoms with Crippen molar-refractivity contribution in [2.24, 2.45) is 0 Å². The topological polar surface area (TPSA) is 50.2 Å². The third-order valence-corrected chi connectivity index (χ3v) is 3.16. The van der Waals surface area contributed by atoms with Gasteiger partial charge in [-0.05, 0) is 42.0 Å². The van der Waals surface area contributed by atoms with Gasteiger partial charge in [-0.15, -0.1) is 0 Å². The van der Waals surface area contributed by atoms with E-state index in [2.05, 4.69) is 4.98 Å². The third kappa shape index (κ3) is 2.01. The molecule has 0 amide bonds. The number of nitrogens with zero attached hydrogens (tertiary/aromatic N) is 1. The molecule has 0 spiro atoms. The summed E-state index contributed by atoms with van der Waals surface area (Å²) in [5.41, 5.74) is 2.36. The van der Waals surface area contributed by atoms with E-state index >= 15 is 0 Å². The van der Waals surface area contributed by atoms with Crippen molar-refractivity contribution < 1.29 is 14.3 Å². The molecule has 98 valence electrons. The van der Waals surface area contributed by atoms with Crippen LogP contribution in [0.1, 0.15) is 10.4 Å². The molecule has 0 saturated heterocycles. The molecule has 0 saturated carbocycles. The van der Waals surface area contributed by atoms with E-state index in [-0.39, 0.29) is 11.4 Å². The van der Waals surface area contributed by atoms with Crippen molar-refractivity contribution in [2.75, 3.05) is 0 Å². The molecule has 0 fully saturated rings. The number of fused-ring (bicyclic) bond motifs is 1.